The molecule has 2 heterocycles. The Morgan fingerprint density at radius 2 is 2.43 bits per heavy atom. The van der Waals surface area contributed by atoms with Crippen LogP contribution in [0, 0.1) is 10.1 Å². The zero-order valence-corrected chi connectivity index (χ0v) is 12.3. The number of nitrogens with two attached hydrogens (primary N) is 1. The van der Waals surface area contributed by atoms with E-state index in [1.165, 1.54) is 6.20 Å². The van der Waals surface area contributed by atoms with E-state index >= 15 is 0 Å². The summed E-state index contributed by atoms with van der Waals surface area (Å²) in [6.07, 6.45) is 3.44. The average Bonchev–Trinajstić information content (AvgIpc) is 2.93. The molecule has 1 atom stereocenters. The first-order valence-corrected chi connectivity index (χ1v) is 7.00. The quantitative estimate of drug-likeness (QED) is 0.445. The van der Waals surface area contributed by atoms with Gasteiger partial charge in [0, 0.05) is 19.6 Å². The summed E-state index contributed by atoms with van der Waals surface area (Å²) in [6.45, 7) is 4.88. The van der Waals surface area contributed by atoms with Crippen LogP contribution in [0.4, 0.5) is 17.5 Å². The van der Waals surface area contributed by atoms with Crippen LogP contribution in [-0.2, 0) is 0 Å². The van der Waals surface area contributed by atoms with Gasteiger partial charge in [0.2, 0.25) is 11.8 Å². The van der Waals surface area contributed by atoms with Crippen LogP contribution >= 0.6 is 0 Å². The van der Waals surface area contributed by atoms with E-state index in [-0.39, 0.29) is 17.5 Å². The van der Waals surface area contributed by atoms with Crippen molar-refractivity contribution in [2.24, 2.45) is 5.84 Å². The lowest BCUT2D eigenvalue weighted by atomic mass is 10.2. The first-order valence-electron chi connectivity index (χ1n) is 7.00. The molecule has 3 N–H and O–H groups in total. The Labute approximate surface area is 123 Å². The van der Waals surface area contributed by atoms with E-state index < -0.39 is 4.92 Å². The molecule has 2 rings (SSSR count). The van der Waals surface area contributed by atoms with Crippen LogP contribution in [-0.4, -0.2) is 52.5 Å². The van der Waals surface area contributed by atoms with Crippen LogP contribution in [0.1, 0.15) is 19.8 Å². The third-order valence-corrected chi connectivity index (χ3v) is 3.83. The number of nitrogens with zero attached hydrogens (tertiary/aromatic N) is 5. The van der Waals surface area contributed by atoms with Gasteiger partial charge in [-0.3, -0.25) is 20.4 Å². The maximum absolute atomic E-state index is 11.1. The molecule has 0 aromatic carbocycles. The Balaban J connectivity index is 2.20. The van der Waals surface area contributed by atoms with Gasteiger partial charge in [0.15, 0.2) is 0 Å². The number of hydrogen-bond donors (Lipinski definition) is 2. The van der Waals surface area contributed by atoms with E-state index in [1.807, 2.05) is 7.05 Å². The molecular weight excluding hydrogens is 274 g/mol. The molecule has 1 saturated heterocycles. The van der Waals surface area contributed by atoms with Gasteiger partial charge in [-0.2, -0.15) is 4.98 Å². The lowest BCUT2D eigenvalue weighted by molar-refractivity contribution is -0.384. The summed E-state index contributed by atoms with van der Waals surface area (Å²) in [7, 11) is 1.81. The zero-order valence-electron chi connectivity index (χ0n) is 12.3. The monoisotopic (exact) mass is 295 g/mol. The van der Waals surface area contributed by atoms with Crippen molar-refractivity contribution in [2.45, 2.75) is 25.8 Å². The van der Waals surface area contributed by atoms with Crippen molar-refractivity contribution in [3.05, 3.63) is 16.3 Å². The first kappa shape index (κ1) is 15.4. The lowest BCUT2D eigenvalue weighted by Gasteiger charge is -2.28. The number of likely N-dealkylation sites (tertiary alicyclic amines) is 1. The number of rotatable bonds is 6. The van der Waals surface area contributed by atoms with E-state index in [0.717, 1.165) is 25.9 Å². The van der Waals surface area contributed by atoms with Gasteiger partial charge in [0.05, 0.1) is 4.92 Å². The Kier molecular flexibility index (Phi) is 4.86. The Hall–Kier alpha value is -2.00. The van der Waals surface area contributed by atoms with Crippen molar-refractivity contribution >= 4 is 17.5 Å². The van der Waals surface area contributed by atoms with Gasteiger partial charge in [-0.05, 0) is 25.9 Å². The number of nitro groups is 1. The minimum Gasteiger partial charge on any atom is -0.352 e. The topological polar surface area (TPSA) is 113 Å². The van der Waals surface area contributed by atoms with E-state index in [0.29, 0.717) is 12.6 Å². The first-order chi connectivity index (χ1) is 10.1. The predicted octanol–water partition coefficient (Wildman–Crippen LogP) is 0.591. The highest BCUT2D eigenvalue weighted by molar-refractivity contribution is 5.58. The number of likely N-dealkylation sites (N-methyl/N-ethyl adjacent to an activating group) is 2. The van der Waals surface area contributed by atoms with Crippen LogP contribution < -0.4 is 16.2 Å². The maximum atomic E-state index is 11.1. The number of nitrogens with one attached hydrogen (secondary N) is 1. The van der Waals surface area contributed by atoms with E-state index in [4.69, 9.17) is 5.84 Å². The highest BCUT2D eigenvalue weighted by Gasteiger charge is 2.27. The summed E-state index contributed by atoms with van der Waals surface area (Å²) in [4.78, 5) is 22.8. The predicted molar refractivity (Wildman–Crippen MR) is 80.0 cm³/mol. The molecular formula is C12H21N7O2. The molecule has 0 spiro atoms. The minimum absolute atomic E-state index is 0.113. The molecule has 0 saturated carbocycles. The fourth-order valence-corrected chi connectivity index (χ4v) is 2.77. The molecule has 0 radical (unpaired) electrons. The van der Waals surface area contributed by atoms with Crippen LogP contribution in [0.3, 0.4) is 0 Å². The van der Waals surface area contributed by atoms with E-state index in [1.54, 1.807) is 4.90 Å². The SMILES string of the molecule is CCN1CCCC1CN(C)c1nc(NN)ncc1[N+](=O)[O-]. The number of nitrogen functional groups attached to an aromatic ring is 1. The second-order valence-corrected chi connectivity index (χ2v) is 5.11. The zero-order chi connectivity index (χ0) is 15.4. The smallest absolute Gasteiger partial charge is 0.329 e. The van der Waals surface area contributed by atoms with Gasteiger partial charge in [-0.25, -0.2) is 10.8 Å². The Morgan fingerprint density at radius 3 is 3.05 bits per heavy atom. The van der Waals surface area contributed by atoms with E-state index in [9.17, 15) is 10.1 Å². The second kappa shape index (κ2) is 6.64. The molecule has 9 heteroatoms. The van der Waals surface area contributed by atoms with Gasteiger partial charge in [0.25, 0.3) is 0 Å². The molecule has 9 nitrogen and oxygen atoms in total. The standard InChI is InChI=1S/C12H21N7O2/c1-3-18-6-4-5-9(18)8-17(2)11-10(19(20)21)7-14-12(15-11)16-13/h7,9H,3-6,8,13H2,1-2H3,(H,14,15,16). The molecule has 1 unspecified atom stereocenters. The minimum atomic E-state index is -0.474. The van der Waals surface area contributed by atoms with Crippen molar-refractivity contribution in [2.75, 3.05) is 37.0 Å². The fourth-order valence-electron chi connectivity index (χ4n) is 2.77. The molecule has 0 aliphatic carbocycles. The average molecular weight is 295 g/mol. The van der Waals surface area contributed by atoms with Crippen LogP contribution in [0.5, 0.6) is 0 Å². The van der Waals surface area contributed by atoms with Crippen molar-refractivity contribution in [3.63, 3.8) is 0 Å². The van der Waals surface area contributed by atoms with Gasteiger partial charge in [0.1, 0.15) is 6.20 Å². The second-order valence-electron chi connectivity index (χ2n) is 5.11. The fraction of sp³-hybridized carbons (Fsp3) is 0.667. The molecule has 1 aromatic rings. The molecule has 1 aromatic heterocycles. The molecule has 1 fully saturated rings. The normalized spacial score (nSPS) is 18.7. The van der Waals surface area contributed by atoms with Crippen LogP contribution in [0.25, 0.3) is 0 Å². The molecule has 1 aliphatic heterocycles. The number of hydrazine groups is 1. The largest absolute Gasteiger partial charge is 0.352 e. The number of anilines is 2. The summed E-state index contributed by atoms with van der Waals surface area (Å²) in [5.74, 6) is 5.73. The van der Waals surface area contributed by atoms with Crippen molar-refractivity contribution in [1.29, 1.82) is 0 Å². The highest BCUT2D eigenvalue weighted by Crippen LogP contribution is 2.27. The highest BCUT2D eigenvalue weighted by atomic mass is 16.6. The molecule has 1 aliphatic rings. The maximum Gasteiger partial charge on any atom is 0.329 e. The van der Waals surface area contributed by atoms with Gasteiger partial charge in [-0.15, -0.1) is 0 Å². The summed E-state index contributed by atoms with van der Waals surface area (Å²) in [5, 5.41) is 11.1. The number of aromatic nitrogens is 2. The molecule has 116 valence electrons. The van der Waals surface area contributed by atoms with E-state index in [2.05, 4.69) is 27.2 Å². The molecule has 0 bridgehead atoms. The van der Waals surface area contributed by atoms with Crippen molar-refractivity contribution in [1.82, 2.24) is 14.9 Å². The van der Waals surface area contributed by atoms with Crippen molar-refractivity contribution in [3.8, 4) is 0 Å². The summed E-state index contributed by atoms with van der Waals surface area (Å²) >= 11 is 0. The van der Waals surface area contributed by atoms with Gasteiger partial charge in [-0.1, -0.05) is 6.92 Å². The molecule has 21 heavy (non-hydrogen) atoms. The summed E-state index contributed by atoms with van der Waals surface area (Å²) < 4.78 is 0. The summed E-state index contributed by atoms with van der Waals surface area (Å²) in [5.41, 5.74) is 2.21. The third-order valence-electron chi connectivity index (χ3n) is 3.83. The number of hydrogen-bond acceptors (Lipinski definition) is 8. The van der Waals surface area contributed by atoms with Crippen LogP contribution in [0.2, 0.25) is 0 Å². The van der Waals surface area contributed by atoms with Gasteiger partial charge < -0.3 is 4.90 Å². The van der Waals surface area contributed by atoms with Crippen LogP contribution in [0.15, 0.2) is 6.20 Å². The summed E-state index contributed by atoms with van der Waals surface area (Å²) in [6, 6.07) is 0.392. The Bertz CT molecular complexity index is 510. The lowest BCUT2D eigenvalue weighted by Crippen LogP contribution is -2.39. The third kappa shape index (κ3) is 3.37. The van der Waals surface area contributed by atoms with Gasteiger partial charge >= 0.3 is 5.69 Å². The molecule has 0 amide bonds. The Morgan fingerprint density at radius 1 is 1.67 bits per heavy atom. The van der Waals surface area contributed by atoms with Crippen molar-refractivity contribution < 1.29 is 4.92 Å².